The van der Waals surface area contributed by atoms with Crippen molar-refractivity contribution >= 4 is 40.8 Å². The SMILES string of the molecule is NC1N=CC(CC(F)(F)F)=CC1(Cl)c1c([N+](=O)[O-])cc(C(F)(F)F)c(Cl)c1[N+](=O)[O-]. The van der Waals surface area contributed by atoms with Gasteiger partial charge in [0.2, 0.25) is 0 Å². The lowest BCUT2D eigenvalue weighted by molar-refractivity contribution is -0.396. The highest BCUT2D eigenvalue weighted by Gasteiger charge is 2.51. The van der Waals surface area contributed by atoms with Crippen LogP contribution in [0.3, 0.4) is 0 Å². The Kier molecular flexibility index (Phi) is 6.09. The molecule has 1 heterocycles. The van der Waals surface area contributed by atoms with Gasteiger partial charge in [0.1, 0.15) is 21.6 Å². The number of allylic oxidation sites excluding steroid dienone is 1. The maximum atomic E-state index is 13.2. The van der Waals surface area contributed by atoms with Gasteiger partial charge in [-0.05, 0) is 5.57 Å². The molecule has 16 heteroatoms. The lowest BCUT2D eigenvalue weighted by atomic mass is 9.87. The number of rotatable bonds is 4. The topological polar surface area (TPSA) is 125 Å². The third-order valence-electron chi connectivity index (χ3n) is 3.92. The Morgan fingerprint density at radius 2 is 1.73 bits per heavy atom. The summed E-state index contributed by atoms with van der Waals surface area (Å²) in [5.74, 6) is 0. The predicted octanol–water partition coefficient (Wildman–Crippen LogP) is 4.86. The average Bonchev–Trinajstić information content (AvgIpc) is 2.54. The lowest BCUT2D eigenvalue weighted by Gasteiger charge is -2.31. The van der Waals surface area contributed by atoms with Crippen LogP contribution < -0.4 is 5.73 Å². The molecular weight excluding hydrogens is 473 g/mol. The minimum atomic E-state index is -5.32. The van der Waals surface area contributed by atoms with E-state index in [-0.39, 0.29) is 6.07 Å². The van der Waals surface area contributed by atoms with Crippen LogP contribution in [-0.4, -0.2) is 28.4 Å². The van der Waals surface area contributed by atoms with Gasteiger partial charge < -0.3 is 5.73 Å². The van der Waals surface area contributed by atoms with Gasteiger partial charge in [0.15, 0.2) is 0 Å². The molecule has 8 nitrogen and oxygen atoms in total. The fourth-order valence-electron chi connectivity index (χ4n) is 2.76. The van der Waals surface area contributed by atoms with Crippen molar-refractivity contribution in [1.82, 2.24) is 0 Å². The van der Waals surface area contributed by atoms with E-state index in [0.717, 1.165) is 0 Å². The number of benzene rings is 1. The van der Waals surface area contributed by atoms with Crippen LogP contribution in [0, 0.1) is 20.2 Å². The highest BCUT2D eigenvalue weighted by Crippen LogP contribution is 2.52. The molecule has 0 aromatic heterocycles. The average molecular weight is 481 g/mol. The third-order valence-corrected chi connectivity index (χ3v) is 4.82. The second kappa shape index (κ2) is 7.67. The van der Waals surface area contributed by atoms with Gasteiger partial charge in [-0.3, -0.25) is 25.2 Å². The van der Waals surface area contributed by atoms with Crippen molar-refractivity contribution in [3.8, 4) is 0 Å². The second-order valence-corrected chi connectivity index (χ2v) is 7.00. The summed E-state index contributed by atoms with van der Waals surface area (Å²) >= 11 is 11.7. The summed E-state index contributed by atoms with van der Waals surface area (Å²) in [6.45, 7) is 0. The Balaban J connectivity index is 2.94. The fraction of sp³-hybridized carbons (Fsp3) is 0.357. The van der Waals surface area contributed by atoms with Gasteiger partial charge >= 0.3 is 18.0 Å². The minimum absolute atomic E-state index is 0.100. The van der Waals surface area contributed by atoms with Gasteiger partial charge in [-0.15, -0.1) is 11.6 Å². The van der Waals surface area contributed by atoms with Crippen molar-refractivity contribution in [2.75, 3.05) is 0 Å². The zero-order valence-electron chi connectivity index (χ0n) is 14.1. The molecule has 0 saturated heterocycles. The molecule has 0 bridgehead atoms. The van der Waals surface area contributed by atoms with Crippen molar-refractivity contribution in [1.29, 1.82) is 0 Å². The zero-order valence-corrected chi connectivity index (χ0v) is 15.6. The quantitative estimate of drug-likeness (QED) is 0.285. The van der Waals surface area contributed by atoms with Crippen LogP contribution in [0.5, 0.6) is 0 Å². The monoisotopic (exact) mass is 480 g/mol. The van der Waals surface area contributed by atoms with E-state index >= 15 is 0 Å². The van der Waals surface area contributed by atoms with Crippen molar-refractivity contribution in [2.45, 2.75) is 29.8 Å². The van der Waals surface area contributed by atoms with Gasteiger partial charge in [-0.2, -0.15) is 26.3 Å². The van der Waals surface area contributed by atoms with E-state index in [0.29, 0.717) is 12.3 Å². The summed E-state index contributed by atoms with van der Waals surface area (Å²) in [4.78, 5) is 20.8. The molecule has 164 valence electrons. The largest absolute Gasteiger partial charge is 0.418 e. The third kappa shape index (κ3) is 4.49. The number of hydrogen-bond acceptors (Lipinski definition) is 6. The standard InChI is InChI=1S/C14H8Cl2F6N4O4/c15-9-6(14(20,21)22)1-7(25(27)28)8(10(9)26(29)30)12(16)2-5(3-13(17,18)19)4-24-11(12)23/h1-2,4,11H,3,23H2. The number of hydrogen-bond donors (Lipinski definition) is 1. The van der Waals surface area contributed by atoms with Crippen LogP contribution >= 0.6 is 23.2 Å². The van der Waals surface area contributed by atoms with Crippen LogP contribution in [0.15, 0.2) is 22.7 Å². The summed E-state index contributed by atoms with van der Waals surface area (Å²) in [6.07, 6.45) is -12.4. The number of nitro groups is 2. The molecule has 0 aliphatic carbocycles. The van der Waals surface area contributed by atoms with Gasteiger partial charge in [0.05, 0.1) is 21.8 Å². The Morgan fingerprint density at radius 1 is 1.17 bits per heavy atom. The molecule has 1 aromatic rings. The highest BCUT2D eigenvalue weighted by molar-refractivity contribution is 6.34. The molecule has 2 unspecified atom stereocenters. The number of aliphatic imine (C=N–C) groups is 1. The normalized spacial score (nSPS) is 22.0. The molecular formula is C14H8Cl2F6N4O4. The van der Waals surface area contributed by atoms with Crippen LogP contribution in [-0.2, 0) is 11.1 Å². The summed E-state index contributed by atoms with van der Waals surface area (Å²) in [7, 11) is 0. The molecule has 1 aliphatic rings. The lowest BCUT2D eigenvalue weighted by Crippen LogP contribution is -2.42. The number of nitro benzene ring substituents is 2. The van der Waals surface area contributed by atoms with E-state index in [4.69, 9.17) is 28.9 Å². The maximum Gasteiger partial charge on any atom is 0.418 e. The first-order valence-corrected chi connectivity index (χ1v) is 8.23. The van der Waals surface area contributed by atoms with E-state index in [1.54, 1.807) is 0 Å². The van der Waals surface area contributed by atoms with E-state index in [1.807, 2.05) is 0 Å². The summed E-state index contributed by atoms with van der Waals surface area (Å²) in [5.41, 5.74) is -1.31. The van der Waals surface area contributed by atoms with E-state index in [9.17, 15) is 46.6 Å². The van der Waals surface area contributed by atoms with Crippen molar-refractivity contribution < 1.29 is 36.2 Å². The Morgan fingerprint density at radius 3 is 2.17 bits per heavy atom. The van der Waals surface area contributed by atoms with Gasteiger partial charge in [0, 0.05) is 12.3 Å². The molecule has 1 aliphatic heterocycles. The van der Waals surface area contributed by atoms with Gasteiger partial charge in [-0.1, -0.05) is 17.7 Å². The number of alkyl halides is 7. The predicted molar refractivity (Wildman–Crippen MR) is 92.5 cm³/mol. The van der Waals surface area contributed by atoms with Crippen LogP contribution in [0.4, 0.5) is 37.7 Å². The summed E-state index contributed by atoms with van der Waals surface area (Å²) in [6, 6.07) is -0.100. The molecule has 0 saturated carbocycles. The smallest absolute Gasteiger partial charge is 0.308 e. The first-order valence-electron chi connectivity index (χ1n) is 7.48. The zero-order chi connectivity index (χ0) is 23.2. The molecule has 2 rings (SSSR count). The fourth-order valence-corrected chi connectivity index (χ4v) is 3.46. The van der Waals surface area contributed by atoms with E-state index < -0.39 is 72.8 Å². The molecule has 30 heavy (non-hydrogen) atoms. The molecule has 2 N–H and O–H groups in total. The Bertz CT molecular complexity index is 979. The maximum absolute atomic E-state index is 13.2. The first-order chi connectivity index (χ1) is 13.5. The van der Waals surface area contributed by atoms with E-state index in [2.05, 4.69) is 4.99 Å². The van der Waals surface area contributed by atoms with Gasteiger partial charge in [-0.25, -0.2) is 0 Å². The molecule has 0 radical (unpaired) electrons. The molecule has 0 spiro atoms. The molecule has 0 fully saturated rings. The second-order valence-electron chi connectivity index (χ2n) is 6.00. The number of dihydropyridines is 1. The number of nitrogens with zero attached hydrogens (tertiary/aromatic N) is 3. The van der Waals surface area contributed by atoms with Gasteiger partial charge in [0.25, 0.3) is 5.69 Å². The molecule has 2 atom stereocenters. The van der Waals surface area contributed by atoms with Crippen LogP contribution in [0.25, 0.3) is 0 Å². The van der Waals surface area contributed by atoms with Crippen molar-refractivity contribution in [3.05, 3.63) is 54.1 Å². The summed E-state index contributed by atoms with van der Waals surface area (Å²) < 4.78 is 77.7. The minimum Gasteiger partial charge on any atom is -0.308 e. The molecule has 1 aromatic carbocycles. The number of nitrogens with two attached hydrogens (primary N) is 1. The van der Waals surface area contributed by atoms with Crippen molar-refractivity contribution in [3.63, 3.8) is 0 Å². The first kappa shape index (κ1) is 23.8. The van der Waals surface area contributed by atoms with Crippen LogP contribution in [0.1, 0.15) is 17.5 Å². The van der Waals surface area contributed by atoms with Crippen LogP contribution in [0.2, 0.25) is 5.02 Å². The molecule has 0 amide bonds. The highest BCUT2D eigenvalue weighted by atomic mass is 35.5. The van der Waals surface area contributed by atoms with E-state index in [1.165, 1.54) is 0 Å². The Labute approximate surface area is 172 Å². The Hall–Kier alpha value is -2.45. The van der Waals surface area contributed by atoms with Crippen molar-refractivity contribution in [2.24, 2.45) is 10.7 Å². The summed E-state index contributed by atoms with van der Waals surface area (Å²) in [5, 5.41) is 21.4. The number of halogens is 8.